The molecular formula is C23H22O4. The van der Waals surface area contributed by atoms with Gasteiger partial charge in [0.25, 0.3) is 0 Å². The van der Waals surface area contributed by atoms with Crippen LogP contribution in [0, 0.1) is 0 Å². The summed E-state index contributed by atoms with van der Waals surface area (Å²) in [7, 11) is 0. The summed E-state index contributed by atoms with van der Waals surface area (Å²) in [6, 6.07) is 29.6. The molecule has 0 saturated carbocycles. The molecule has 1 unspecified atom stereocenters. The van der Waals surface area contributed by atoms with Crippen LogP contribution in [0.15, 0.2) is 91.0 Å². The Morgan fingerprint density at radius 3 is 1.56 bits per heavy atom. The fourth-order valence-corrected chi connectivity index (χ4v) is 2.52. The highest BCUT2D eigenvalue weighted by molar-refractivity contribution is 5.70. The Labute approximate surface area is 159 Å². The normalized spacial score (nSPS) is 10.9. The van der Waals surface area contributed by atoms with Crippen LogP contribution in [-0.4, -0.2) is 17.0 Å². The van der Waals surface area contributed by atoms with Gasteiger partial charge in [-0.3, -0.25) is 9.59 Å². The molecule has 0 aliphatic heterocycles. The third kappa shape index (κ3) is 7.16. The van der Waals surface area contributed by atoms with Gasteiger partial charge in [-0.25, -0.2) is 0 Å². The number of aliphatic carboxylic acids is 1. The average molecular weight is 362 g/mol. The fourth-order valence-electron chi connectivity index (χ4n) is 2.52. The topological polar surface area (TPSA) is 63.6 Å². The molecule has 0 aliphatic carbocycles. The molecular weight excluding hydrogens is 340 g/mol. The van der Waals surface area contributed by atoms with Gasteiger partial charge in [0.2, 0.25) is 0 Å². The maximum absolute atomic E-state index is 10.8. The summed E-state index contributed by atoms with van der Waals surface area (Å²) >= 11 is 0. The Hall–Kier alpha value is -3.40. The number of hydrogen-bond donors (Lipinski definition) is 1. The van der Waals surface area contributed by atoms with Gasteiger partial charge in [-0.1, -0.05) is 91.0 Å². The predicted octanol–water partition coefficient (Wildman–Crippen LogP) is 5.12. The van der Waals surface area contributed by atoms with Gasteiger partial charge in [-0.05, 0) is 16.7 Å². The summed E-state index contributed by atoms with van der Waals surface area (Å²) in [4.78, 5) is 21.4. The van der Waals surface area contributed by atoms with Crippen LogP contribution in [0.4, 0.5) is 0 Å². The third-order valence-electron chi connectivity index (χ3n) is 3.72. The first-order valence-corrected chi connectivity index (χ1v) is 8.60. The van der Waals surface area contributed by atoms with E-state index in [-0.39, 0.29) is 6.42 Å². The molecule has 0 bridgehead atoms. The largest absolute Gasteiger partial charge is 0.481 e. The van der Waals surface area contributed by atoms with Crippen molar-refractivity contribution in [3.63, 3.8) is 0 Å². The molecule has 3 aromatic rings. The first kappa shape index (κ1) is 19.9. The van der Waals surface area contributed by atoms with Crippen molar-refractivity contribution in [3.8, 4) is 11.1 Å². The number of esters is 1. The lowest BCUT2D eigenvalue weighted by atomic mass is 10.1. The molecule has 3 rings (SSSR count). The molecule has 0 saturated heterocycles. The van der Waals surface area contributed by atoms with Crippen LogP contribution in [0.1, 0.15) is 25.0 Å². The lowest BCUT2D eigenvalue weighted by Crippen LogP contribution is -2.12. The number of carboxylic acid groups (broad SMARTS) is 1. The monoisotopic (exact) mass is 362 g/mol. The van der Waals surface area contributed by atoms with E-state index in [0.29, 0.717) is 5.56 Å². The SMILES string of the molecule is CC(=O)OC(CC(=O)O)c1ccccc1.c1ccc(-c2ccccc2)cc1. The van der Waals surface area contributed by atoms with E-state index in [4.69, 9.17) is 9.84 Å². The molecule has 0 heterocycles. The van der Waals surface area contributed by atoms with E-state index < -0.39 is 18.0 Å². The second-order valence-corrected chi connectivity index (χ2v) is 5.84. The predicted molar refractivity (Wildman–Crippen MR) is 105 cm³/mol. The minimum atomic E-state index is -0.995. The maximum atomic E-state index is 10.8. The highest BCUT2D eigenvalue weighted by atomic mass is 16.5. The van der Waals surface area contributed by atoms with Crippen molar-refractivity contribution in [1.29, 1.82) is 0 Å². The molecule has 0 aliphatic rings. The van der Waals surface area contributed by atoms with Crippen LogP contribution in [-0.2, 0) is 14.3 Å². The number of hydrogen-bond acceptors (Lipinski definition) is 3. The Balaban J connectivity index is 0.000000198. The van der Waals surface area contributed by atoms with Crippen LogP contribution in [0.5, 0.6) is 0 Å². The standard InChI is InChI=1S/C12H10.C11H12O4/c1-3-7-11(8-4-1)12-9-5-2-6-10-12;1-8(12)15-10(7-11(13)14)9-5-3-2-4-6-9/h1-10H;2-6,10H,7H2,1H3,(H,13,14). The Bertz CT molecular complexity index is 777. The van der Waals surface area contributed by atoms with Crippen molar-refractivity contribution in [2.24, 2.45) is 0 Å². The Morgan fingerprint density at radius 1 is 0.778 bits per heavy atom. The first-order chi connectivity index (χ1) is 13.1. The van der Waals surface area contributed by atoms with Crippen LogP contribution in [0.3, 0.4) is 0 Å². The fraction of sp³-hybridized carbons (Fsp3) is 0.130. The van der Waals surface area contributed by atoms with Crippen molar-refractivity contribution in [1.82, 2.24) is 0 Å². The van der Waals surface area contributed by atoms with Gasteiger partial charge in [0.15, 0.2) is 0 Å². The van der Waals surface area contributed by atoms with Crippen LogP contribution in [0.25, 0.3) is 11.1 Å². The molecule has 4 heteroatoms. The molecule has 3 aromatic carbocycles. The number of benzene rings is 3. The van der Waals surface area contributed by atoms with Crippen molar-refractivity contribution < 1.29 is 19.4 Å². The van der Waals surface area contributed by atoms with Gasteiger partial charge in [0, 0.05) is 6.92 Å². The van der Waals surface area contributed by atoms with Gasteiger partial charge < -0.3 is 9.84 Å². The zero-order valence-corrected chi connectivity index (χ0v) is 15.1. The minimum absolute atomic E-state index is 0.219. The number of carbonyl (C=O) groups excluding carboxylic acids is 1. The van der Waals surface area contributed by atoms with Crippen molar-refractivity contribution in [2.45, 2.75) is 19.4 Å². The van der Waals surface area contributed by atoms with E-state index in [1.807, 2.05) is 18.2 Å². The summed E-state index contributed by atoms with van der Waals surface area (Å²) in [5, 5.41) is 8.67. The molecule has 0 fully saturated rings. The molecule has 27 heavy (non-hydrogen) atoms. The smallest absolute Gasteiger partial charge is 0.307 e. The van der Waals surface area contributed by atoms with E-state index in [1.165, 1.54) is 18.1 Å². The highest BCUT2D eigenvalue weighted by Crippen LogP contribution is 2.21. The quantitative estimate of drug-likeness (QED) is 0.640. The van der Waals surface area contributed by atoms with E-state index in [0.717, 1.165) is 0 Å². The highest BCUT2D eigenvalue weighted by Gasteiger charge is 2.17. The third-order valence-corrected chi connectivity index (χ3v) is 3.72. The van der Waals surface area contributed by atoms with Gasteiger partial charge in [-0.2, -0.15) is 0 Å². The van der Waals surface area contributed by atoms with Crippen LogP contribution >= 0.6 is 0 Å². The summed E-state index contributed by atoms with van der Waals surface area (Å²) in [5.41, 5.74) is 3.24. The van der Waals surface area contributed by atoms with Gasteiger partial charge in [-0.15, -0.1) is 0 Å². The summed E-state index contributed by atoms with van der Waals surface area (Å²) in [6.45, 7) is 1.26. The van der Waals surface area contributed by atoms with Gasteiger partial charge in [0.05, 0.1) is 6.42 Å². The maximum Gasteiger partial charge on any atom is 0.307 e. The number of ether oxygens (including phenoxy) is 1. The molecule has 0 spiro atoms. The van der Waals surface area contributed by atoms with Crippen molar-refractivity contribution >= 4 is 11.9 Å². The van der Waals surface area contributed by atoms with E-state index >= 15 is 0 Å². The number of carboxylic acids is 1. The van der Waals surface area contributed by atoms with Crippen LogP contribution < -0.4 is 0 Å². The summed E-state index contributed by atoms with van der Waals surface area (Å²) < 4.78 is 4.93. The van der Waals surface area contributed by atoms with Crippen molar-refractivity contribution in [2.75, 3.05) is 0 Å². The molecule has 138 valence electrons. The molecule has 0 radical (unpaired) electrons. The van der Waals surface area contributed by atoms with E-state index in [9.17, 15) is 9.59 Å². The Morgan fingerprint density at radius 2 is 1.19 bits per heavy atom. The number of carbonyl (C=O) groups is 2. The number of rotatable bonds is 5. The van der Waals surface area contributed by atoms with Crippen LogP contribution in [0.2, 0.25) is 0 Å². The molecule has 4 nitrogen and oxygen atoms in total. The van der Waals surface area contributed by atoms with E-state index in [1.54, 1.807) is 24.3 Å². The molecule has 1 atom stereocenters. The summed E-state index contributed by atoms with van der Waals surface area (Å²) in [5.74, 6) is -1.48. The lowest BCUT2D eigenvalue weighted by Gasteiger charge is -2.14. The zero-order valence-electron chi connectivity index (χ0n) is 15.1. The second kappa shape index (κ2) is 10.6. The first-order valence-electron chi connectivity index (χ1n) is 8.60. The minimum Gasteiger partial charge on any atom is -0.481 e. The van der Waals surface area contributed by atoms with Crippen molar-refractivity contribution in [3.05, 3.63) is 96.6 Å². The Kier molecular flexibility index (Phi) is 7.79. The molecule has 1 N–H and O–H groups in total. The average Bonchev–Trinajstić information content (AvgIpc) is 2.69. The molecule has 0 aromatic heterocycles. The molecule has 0 amide bonds. The van der Waals surface area contributed by atoms with E-state index in [2.05, 4.69) is 48.5 Å². The summed E-state index contributed by atoms with van der Waals surface area (Å²) in [6.07, 6.45) is -0.926. The van der Waals surface area contributed by atoms with Gasteiger partial charge >= 0.3 is 11.9 Å². The lowest BCUT2D eigenvalue weighted by molar-refractivity contribution is -0.151. The second-order valence-electron chi connectivity index (χ2n) is 5.84. The zero-order chi connectivity index (χ0) is 19.5. The van der Waals surface area contributed by atoms with Gasteiger partial charge in [0.1, 0.15) is 6.10 Å².